The Morgan fingerprint density at radius 2 is 1.85 bits per heavy atom. The minimum atomic E-state index is -0.253. The molecule has 0 aliphatic heterocycles. The minimum Gasteiger partial charge on any atom is -0.323 e. The van der Waals surface area contributed by atoms with Crippen LogP contribution in [0.25, 0.3) is 10.8 Å². The van der Waals surface area contributed by atoms with E-state index in [0.717, 1.165) is 16.0 Å². The summed E-state index contributed by atoms with van der Waals surface area (Å²) < 4.78 is 1.21. The maximum atomic E-state index is 12.5. The molecule has 6 heteroatoms. The minimum absolute atomic E-state index is 0.105. The summed E-state index contributed by atoms with van der Waals surface area (Å²) in [5, 5.41) is 9.04. The van der Waals surface area contributed by atoms with Crippen molar-refractivity contribution in [1.82, 2.24) is 9.78 Å². The van der Waals surface area contributed by atoms with Crippen LogP contribution < -0.4 is 10.9 Å². The molecule has 0 unspecified atom stereocenters. The molecule has 0 saturated heterocycles. The second-order valence-corrected chi connectivity index (χ2v) is 8.11. The second kappa shape index (κ2) is 7.96. The molecule has 2 aromatic carbocycles. The van der Waals surface area contributed by atoms with E-state index in [0.29, 0.717) is 10.6 Å². The van der Waals surface area contributed by atoms with Crippen molar-refractivity contribution in [3.63, 3.8) is 0 Å². The van der Waals surface area contributed by atoms with Crippen molar-refractivity contribution in [3.05, 3.63) is 65.1 Å². The summed E-state index contributed by atoms with van der Waals surface area (Å²) in [4.78, 5) is 26.1. The zero-order valence-corrected chi connectivity index (χ0v) is 15.7. The average molecular weight is 379 g/mol. The van der Waals surface area contributed by atoms with Gasteiger partial charge in [-0.3, -0.25) is 9.59 Å². The lowest BCUT2D eigenvalue weighted by Gasteiger charge is -2.14. The molecule has 27 heavy (non-hydrogen) atoms. The van der Waals surface area contributed by atoms with E-state index in [1.54, 1.807) is 12.3 Å². The Bertz CT molecular complexity index is 1030. The number of carbonyl (C=O) groups excluding carboxylic acids is 1. The lowest BCUT2D eigenvalue weighted by Crippen LogP contribution is -2.29. The molecule has 0 radical (unpaired) electrons. The Morgan fingerprint density at radius 1 is 1.11 bits per heavy atom. The molecular formula is C21H21N3O2S. The fourth-order valence-electron chi connectivity index (χ4n) is 3.42. The molecule has 138 valence electrons. The molecule has 0 spiro atoms. The number of hydrogen-bond donors (Lipinski definition) is 1. The van der Waals surface area contributed by atoms with Crippen molar-refractivity contribution >= 4 is 34.1 Å². The van der Waals surface area contributed by atoms with Crippen molar-refractivity contribution in [3.8, 4) is 0 Å². The number of hydrogen-bond acceptors (Lipinski definition) is 4. The van der Waals surface area contributed by atoms with E-state index >= 15 is 0 Å². The largest absolute Gasteiger partial charge is 0.323 e. The Balaban J connectivity index is 1.50. The molecule has 3 aromatic rings. The van der Waals surface area contributed by atoms with Crippen LogP contribution in [0, 0.1) is 0 Å². The predicted octanol–water partition coefficient (Wildman–Crippen LogP) is 4.07. The molecule has 1 amide bonds. The fourth-order valence-corrected chi connectivity index (χ4v) is 4.76. The molecule has 1 fully saturated rings. The highest BCUT2D eigenvalue weighted by molar-refractivity contribution is 8.00. The predicted molar refractivity (Wildman–Crippen MR) is 109 cm³/mol. The monoisotopic (exact) mass is 379 g/mol. The highest BCUT2D eigenvalue weighted by Crippen LogP contribution is 2.37. The number of nitrogens with zero attached hydrogens (tertiary/aromatic N) is 2. The first-order valence-corrected chi connectivity index (χ1v) is 10.1. The van der Waals surface area contributed by atoms with Crippen LogP contribution in [0.4, 0.5) is 5.69 Å². The zero-order valence-electron chi connectivity index (χ0n) is 14.9. The molecule has 5 nitrogen and oxygen atoms in total. The average Bonchev–Trinajstić information content (AvgIpc) is 3.19. The molecule has 0 atom stereocenters. The number of rotatable bonds is 5. The Hall–Kier alpha value is -2.60. The Morgan fingerprint density at radius 3 is 2.70 bits per heavy atom. The SMILES string of the molecule is O=C(Cn1ncc2ccccc2c1=O)Nc1ccccc1SC1CCCC1. The van der Waals surface area contributed by atoms with Gasteiger partial charge in [0, 0.05) is 15.5 Å². The first-order chi connectivity index (χ1) is 13.2. The van der Waals surface area contributed by atoms with Gasteiger partial charge in [-0.2, -0.15) is 5.10 Å². The van der Waals surface area contributed by atoms with Crippen LogP contribution in [0.15, 0.2) is 64.4 Å². The molecule has 1 aliphatic rings. The number of thioether (sulfide) groups is 1. The number of fused-ring (bicyclic) bond motifs is 1. The highest BCUT2D eigenvalue weighted by Gasteiger charge is 2.18. The smallest absolute Gasteiger partial charge is 0.275 e. The molecular weight excluding hydrogens is 358 g/mol. The van der Waals surface area contributed by atoms with E-state index in [9.17, 15) is 9.59 Å². The van der Waals surface area contributed by atoms with Crippen LogP contribution in [-0.2, 0) is 11.3 Å². The van der Waals surface area contributed by atoms with Crippen LogP contribution in [0.3, 0.4) is 0 Å². The lowest BCUT2D eigenvalue weighted by atomic mass is 10.2. The number of benzene rings is 2. The third-order valence-electron chi connectivity index (χ3n) is 4.81. The van der Waals surface area contributed by atoms with Crippen molar-refractivity contribution in [2.24, 2.45) is 0 Å². The molecule has 1 aliphatic carbocycles. The number of anilines is 1. The molecule has 4 rings (SSSR count). The van der Waals surface area contributed by atoms with Gasteiger partial charge in [-0.25, -0.2) is 4.68 Å². The summed E-state index contributed by atoms with van der Waals surface area (Å²) in [6.07, 6.45) is 6.63. The van der Waals surface area contributed by atoms with Crippen molar-refractivity contribution < 1.29 is 4.79 Å². The number of carbonyl (C=O) groups is 1. The topological polar surface area (TPSA) is 64.0 Å². The second-order valence-electron chi connectivity index (χ2n) is 6.76. The van der Waals surface area contributed by atoms with Crippen LogP contribution in [0.5, 0.6) is 0 Å². The third-order valence-corrected chi connectivity index (χ3v) is 6.23. The molecule has 1 aromatic heterocycles. The number of amides is 1. The highest BCUT2D eigenvalue weighted by atomic mass is 32.2. The van der Waals surface area contributed by atoms with Gasteiger partial charge < -0.3 is 5.32 Å². The molecule has 1 saturated carbocycles. The number of aromatic nitrogens is 2. The standard InChI is InChI=1S/C21H21N3O2S/c25-20(14-24-21(26)17-10-4-1-7-15(17)13-22-24)23-18-11-5-6-12-19(18)27-16-8-2-3-9-16/h1,4-7,10-13,16H,2-3,8-9,14H2,(H,23,25). The number of para-hydroxylation sites is 1. The first kappa shape index (κ1) is 17.8. The van der Waals surface area contributed by atoms with Gasteiger partial charge in [0.25, 0.3) is 5.56 Å². The van der Waals surface area contributed by atoms with Gasteiger partial charge in [0.2, 0.25) is 5.91 Å². The normalized spacial score (nSPS) is 14.5. The van der Waals surface area contributed by atoms with E-state index in [-0.39, 0.29) is 18.0 Å². The van der Waals surface area contributed by atoms with Crippen LogP contribution >= 0.6 is 11.8 Å². The Kier molecular flexibility index (Phi) is 5.25. The van der Waals surface area contributed by atoms with E-state index < -0.39 is 0 Å². The van der Waals surface area contributed by atoms with Gasteiger partial charge >= 0.3 is 0 Å². The van der Waals surface area contributed by atoms with Gasteiger partial charge in [0.15, 0.2) is 0 Å². The van der Waals surface area contributed by atoms with E-state index in [1.807, 2.05) is 54.2 Å². The quantitative estimate of drug-likeness (QED) is 0.726. The zero-order chi connectivity index (χ0) is 18.6. The molecule has 0 bridgehead atoms. The van der Waals surface area contributed by atoms with Crippen LogP contribution in [-0.4, -0.2) is 20.9 Å². The maximum Gasteiger partial charge on any atom is 0.275 e. The van der Waals surface area contributed by atoms with Gasteiger partial charge in [0.05, 0.1) is 17.3 Å². The summed E-state index contributed by atoms with van der Waals surface area (Å²) in [5.41, 5.74) is 0.546. The van der Waals surface area contributed by atoms with Crippen LogP contribution in [0.1, 0.15) is 25.7 Å². The van der Waals surface area contributed by atoms with Crippen molar-refractivity contribution in [2.45, 2.75) is 42.4 Å². The third kappa shape index (κ3) is 4.06. The van der Waals surface area contributed by atoms with E-state index in [4.69, 9.17) is 0 Å². The van der Waals surface area contributed by atoms with Crippen LogP contribution in [0.2, 0.25) is 0 Å². The summed E-state index contributed by atoms with van der Waals surface area (Å²) in [6, 6.07) is 15.1. The van der Waals surface area contributed by atoms with Gasteiger partial charge in [0.1, 0.15) is 6.54 Å². The number of nitrogens with one attached hydrogen (secondary N) is 1. The lowest BCUT2D eigenvalue weighted by molar-refractivity contribution is -0.117. The summed E-state index contributed by atoms with van der Waals surface area (Å²) in [6.45, 7) is -0.105. The van der Waals surface area contributed by atoms with E-state index in [1.165, 1.54) is 30.4 Å². The van der Waals surface area contributed by atoms with E-state index in [2.05, 4.69) is 10.4 Å². The fraction of sp³-hybridized carbons (Fsp3) is 0.286. The summed E-state index contributed by atoms with van der Waals surface area (Å²) >= 11 is 1.83. The Labute approximate surface area is 161 Å². The van der Waals surface area contributed by atoms with Crippen molar-refractivity contribution in [1.29, 1.82) is 0 Å². The molecule has 1 heterocycles. The molecule has 1 N–H and O–H groups in total. The van der Waals surface area contributed by atoms with Crippen molar-refractivity contribution in [2.75, 3.05) is 5.32 Å². The maximum absolute atomic E-state index is 12.5. The van der Waals surface area contributed by atoms with Gasteiger partial charge in [-0.1, -0.05) is 43.2 Å². The van der Waals surface area contributed by atoms with Gasteiger partial charge in [-0.05, 0) is 31.0 Å². The first-order valence-electron chi connectivity index (χ1n) is 9.21. The van der Waals surface area contributed by atoms with Gasteiger partial charge in [-0.15, -0.1) is 11.8 Å². The summed E-state index contributed by atoms with van der Waals surface area (Å²) in [7, 11) is 0. The summed E-state index contributed by atoms with van der Waals surface area (Å²) in [5.74, 6) is -0.251.